The van der Waals surface area contributed by atoms with Gasteiger partial charge in [0.2, 0.25) is 0 Å². The molecule has 1 atom stereocenters. The van der Waals surface area contributed by atoms with Gasteiger partial charge < -0.3 is 9.42 Å². The van der Waals surface area contributed by atoms with Crippen LogP contribution in [0, 0.1) is 13.8 Å². The molecule has 3 aromatic rings. The van der Waals surface area contributed by atoms with Crippen molar-refractivity contribution in [1.82, 2.24) is 19.4 Å². The third kappa shape index (κ3) is 2.35. The molecule has 1 unspecified atom stereocenters. The zero-order valence-electron chi connectivity index (χ0n) is 13.2. The number of rotatable bonds is 2. The van der Waals surface area contributed by atoms with E-state index in [2.05, 4.69) is 14.9 Å². The van der Waals surface area contributed by atoms with Gasteiger partial charge in [-0.05, 0) is 33.1 Å². The predicted octanol–water partition coefficient (Wildman–Crippen LogP) is 3.37. The van der Waals surface area contributed by atoms with Crippen molar-refractivity contribution in [2.75, 3.05) is 6.54 Å². The second-order valence-electron chi connectivity index (χ2n) is 5.96. The van der Waals surface area contributed by atoms with Gasteiger partial charge in [0.1, 0.15) is 16.4 Å². The molecule has 6 nitrogen and oxygen atoms in total. The third-order valence-corrected chi connectivity index (χ3v) is 5.27. The van der Waals surface area contributed by atoms with Crippen molar-refractivity contribution in [2.24, 2.45) is 0 Å². The summed E-state index contributed by atoms with van der Waals surface area (Å²) in [6, 6.07) is 1.71. The van der Waals surface area contributed by atoms with Crippen molar-refractivity contribution >= 4 is 22.1 Å². The van der Waals surface area contributed by atoms with Crippen molar-refractivity contribution in [3.05, 3.63) is 40.6 Å². The molecule has 1 aliphatic rings. The van der Waals surface area contributed by atoms with Crippen molar-refractivity contribution in [1.29, 1.82) is 0 Å². The molecule has 120 valence electrons. The summed E-state index contributed by atoms with van der Waals surface area (Å²) in [4.78, 5) is 20.6. The van der Waals surface area contributed by atoms with Gasteiger partial charge in [-0.15, -0.1) is 11.3 Å². The molecule has 0 aromatic carbocycles. The average Bonchev–Trinajstić information content (AvgIpc) is 3.25. The van der Waals surface area contributed by atoms with Gasteiger partial charge in [-0.3, -0.25) is 9.20 Å². The van der Waals surface area contributed by atoms with Crippen LogP contribution in [0.5, 0.6) is 0 Å². The Morgan fingerprint density at radius 1 is 1.39 bits per heavy atom. The van der Waals surface area contributed by atoms with Gasteiger partial charge in [0.05, 0.1) is 11.7 Å². The minimum absolute atomic E-state index is 0.00982. The summed E-state index contributed by atoms with van der Waals surface area (Å²) in [5, 5.41) is 5.95. The summed E-state index contributed by atoms with van der Waals surface area (Å²) >= 11 is 1.67. The summed E-state index contributed by atoms with van der Waals surface area (Å²) in [5.41, 5.74) is 1.39. The molecule has 1 fully saturated rings. The Hall–Kier alpha value is -2.15. The van der Waals surface area contributed by atoms with E-state index in [9.17, 15) is 4.79 Å². The first kappa shape index (κ1) is 14.4. The summed E-state index contributed by atoms with van der Waals surface area (Å²) in [7, 11) is 0. The molecule has 3 aromatic heterocycles. The number of carbonyl (C=O) groups is 1. The first-order valence-corrected chi connectivity index (χ1v) is 8.69. The molecule has 4 rings (SSSR count). The minimum atomic E-state index is -0.0677. The van der Waals surface area contributed by atoms with E-state index >= 15 is 0 Å². The molecule has 0 bridgehead atoms. The van der Waals surface area contributed by atoms with E-state index in [1.54, 1.807) is 24.3 Å². The van der Waals surface area contributed by atoms with Gasteiger partial charge in [0.25, 0.3) is 5.91 Å². The lowest BCUT2D eigenvalue weighted by Crippen LogP contribution is -2.38. The summed E-state index contributed by atoms with van der Waals surface area (Å²) in [6.45, 7) is 4.53. The Morgan fingerprint density at radius 3 is 3.04 bits per heavy atom. The predicted molar refractivity (Wildman–Crippen MR) is 86.7 cm³/mol. The Morgan fingerprint density at radius 2 is 2.26 bits per heavy atom. The fourth-order valence-electron chi connectivity index (χ4n) is 3.29. The fraction of sp³-hybridized carbons (Fsp3) is 0.438. The van der Waals surface area contributed by atoms with Gasteiger partial charge in [0.15, 0.2) is 5.69 Å². The molecule has 4 heterocycles. The van der Waals surface area contributed by atoms with Crippen LogP contribution in [0.25, 0.3) is 4.83 Å². The van der Waals surface area contributed by atoms with E-state index in [0.29, 0.717) is 11.5 Å². The standard InChI is InChI=1S/C16H18N4O2S/c1-10-9-12(18-22-10)15(21)20-6-4-3-5-13(20)14-16-19(7-8-23-16)11(2)17-14/h7-9,13H,3-6H2,1-2H3. The normalized spacial score (nSPS) is 18.7. The number of thiazole rings is 1. The van der Waals surface area contributed by atoms with E-state index in [1.807, 2.05) is 18.0 Å². The van der Waals surface area contributed by atoms with Crippen LogP contribution in [0.2, 0.25) is 0 Å². The highest BCUT2D eigenvalue weighted by molar-refractivity contribution is 7.15. The number of nitrogens with zero attached hydrogens (tertiary/aromatic N) is 4. The van der Waals surface area contributed by atoms with E-state index < -0.39 is 0 Å². The highest BCUT2D eigenvalue weighted by atomic mass is 32.1. The minimum Gasteiger partial charge on any atom is -0.361 e. The number of likely N-dealkylation sites (tertiary alicyclic amines) is 1. The number of hydrogen-bond donors (Lipinski definition) is 0. The second kappa shape index (κ2) is 5.49. The number of aryl methyl sites for hydroxylation is 2. The maximum absolute atomic E-state index is 12.9. The largest absolute Gasteiger partial charge is 0.361 e. The monoisotopic (exact) mass is 330 g/mol. The molecule has 1 amide bonds. The first-order valence-electron chi connectivity index (χ1n) is 7.81. The van der Waals surface area contributed by atoms with Crippen LogP contribution < -0.4 is 0 Å². The SMILES string of the molecule is Cc1cc(C(=O)N2CCCCC2c2nc(C)n3ccsc23)no1. The van der Waals surface area contributed by atoms with Gasteiger partial charge in [-0.25, -0.2) is 4.98 Å². The van der Waals surface area contributed by atoms with Crippen LogP contribution >= 0.6 is 11.3 Å². The molecule has 7 heteroatoms. The molecule has 0 saturated carbocycles. The number of imidazole rings is 1. The molecule has 0 N–H and O–H groups in total. The smallest absolute Gasteiger partial charge is 0.276 e. The van der Waals surface area contributed by atoms with Crippen molar-refractivity contribution in [2.45, 2.75) is 39.2 Å². The van der Waals surface area contributed by atoms with E-state index in [1.165, 1.54) is 0 Å². The Labute approximate surface area is 137 Å². The third-order valence-electron chi connectivity index (χ3n) is 4.38. The molecular weight excluding hydrogens is 312 g/mol. The quantitative estimate of drug-likeness (QED) is 0.723. The molecule has 1 saturated heterocycles. The summed E-state index contributed by atoms with van der Waals surface area (Å²) in [6.07, 6.45) is 5.09. The lowest BCUT2D eigenvalue weighted by atomic mass is 9.99. The van der Waals surface area contributed by atoms with Gasteiger partial charge in [0, 0.05) is 24.2 Å². The topological polar surface area (TPSA) is 63.6 Å². The molecule has 1 aliphatic heterocycles. The lowest BCUT2D eigenvalue weighted by molar-refractivity contribution is 0.0598. The van der Waals surface area contributed by atoms with Crippen LogP contribution in [0.4, 0.5) is 0 Å². The van der Waals surface area contributed by atoms with Crippen molar-refractivity contribution < 1.29 is 9.32 Å². The molecule has 0 radical (unpaired) electrons. The second-order valence-corrected chi connectivity index (χ2v) is 6.85. The van der Waals surface area contributed by atoms with E-state index in [-0.39, 0.29) is 11.9 Å². The molecule has 0 aliphatic carbocycles. The fourth-order valence-corrected chi connectivity index (χ4v) is 4.21. The van der Waals surface area contributed by atoms with Crippen molar-refractivity contribution in [3.8, 4) is 0 Å². The Balaban J connectivity index is 1.73. The number of piperidine rings is 1. The summed E-state index contributed by atoms with van der Waals surface area (Å²) in [5.74, 6) is 1.55. The van der Waals surface area contributed by atoms with Crippen LogP contribution in [-0.2, 0) is 0 Å². The Kier molecular flexibility index (Phi) is 3.45. The van der Waals surface area contributed by atoms with Crippen LogP contribution in [0.3, 0.4) is 0 Å². The van der Waals surface area contributed by atoms with Crippen LogP contribution in [0.15, 0.2) is 22.2 Å². The molecule has 0 spiro atoms. The summed E-state index contributed by atoms with van der Waals surface area (Å²) < 4.78 is 7.16. The average molecular weight is 330 g/mol. The highest BCUT2D eigenvalue weighted by Crippen LogP contribution is 2.35. The van der Waals surface area contributed by atoms with Crippen LogP contribution in [0.1, 0.15) is 53.1 Å². The number of amides is 1. The zero-order valence-corrected chi connectivity index (χ0v) is 14.0. The molecule has 23 heavy (non-hydrogen) atoms. The van der Waals surface area contributed by atoms with E-state index in [4.69, 9.17) is 9.51 Å². The number of aromatic nitrogens is 3. The number of fused-ring (bicyclic) bond motifs is 1. The van der Waals surface area contributed by atoms with Gasteiger partial charge in [-0.2, -0.15) is 0 Å². The number of carbonyl (C=O) groups excluding carboxylic acids is 1. The van der Waals surface area contributed by atoms with Crippen LogP contribution in [-0.4, -0.2) is 31.9 Å². The Bertz CT molecular complexity index is 863. The van der Waals surface area contributed by atoms with Crippen molar-refractivity contribution in [3.63, 3.8) is 0 Å². The highest BCUT2D eigenvalue weighted by Gasteiger charge is 2.33. The maximum Gasteiger partial charge on any atom is 0.276 e. The zero-order chi connectivity index (χ0) is 16.0. The van der Waals surface area contributed by atoms with E-state index in [0.717, 1.165) is 42.2 Å². The molecular formula is C16H18N4O2S. The number of hydrogen-bond acceptors (Lipinski definition) is 5. The van der Waals surface area contributed by atoms with Gasteiger partial charge in [-0.1, -0.05) is 5.16 Å². The lowest BCUT2D eigenvalue weighted by Gasteiger charge is -2.34. The maximum atomic E-state index is 12.9. The van der Waals surface area contributed by atoms with Gasteiger partial charge >= 0.3 is 0 Å². The first-order chi connectivity index (χ1) is 11.1.